The summed E-state index contributed by atoms with van der Waals surface area (Å²) in [6.07, 6.45) is 0. The molecule has 124 valence electrons. The van der Waals surface area contributed by atoms with E-state index in [0.717, 1.165) is 0 Å². The van der Waals surface area contributed by atoms with E-state index in [1.165, 1.54) is 6.92 Å². The molecule has 0 heterocycles. The van der Waals surface area contributed by atoms with Gasteiger partial charge < -0.3 is 10.1 Å². The lowest BCUT2D eigenvalue weighted by Gasteiger charge is -2.13. The Morgan fingerprint density at radius 3 is 2.33 bits per heavy atom. The number of ether oxygens (including phenoxy) is 1. The Kier molecular flexibility index (Phi) is 6.09. The van der Waals surface area contributed by atoms with Crippen LogP contribution in [-0.2, 0) is 9.53 Å². The van der Waals surface area contributed by atoms with Gasteiger partial charge in [0.1, 0.15) is 6.04 Å². The number of carbonyl (C=O) groups excluding carboxylic acids is 3. The molecule has 24 heavy (non-hydrogen) atoms. The van der Waals surface area contributed by atoms with Crippen molar-refractivity contribution in [1.82, 2.24) is 5.32 Å². The predicted molar refractivity (Wildman–Crippen MR) is 90.1 cm³/mol. The molecule has 5 nitrogen and oxygen atoms in total. The molecule has 0 saturated heterocycles. The average Bonchev–Trinajstić information content (AvgIpc) is 2.60. The van der Waals surface area contributed by atoms with Crippen LogP contribution in [-0.4, -0.2) is 30.3 Å². The fraction of sp³-hybridized carbons (Fsp3) is 0.167. The second kappa shape index (κ2) is 8.26. The standard InChI is InChI=1S/C18H16ClNO4/c1-12(20-17(22)14-9-5-6-10-15(14)19)18(23)24-11-16(21)13-7-3-2-4-8-13/h2-10,12H,11H2,1H3,(H,20,22)/t12-/m0/s1. The third-order valence-electron chi connectivity index (χ3n) is 3.26. The van der Waals surface area contributed by atoms with Crippen LogP contribution < -0.4 is 5.32 Å². The van der Waals surface area contributed by atoms with Crippen LogP contribution in [0.1, 0.15) is 27.6 Å². The first-order chi connectivity index (χ1) is 11.5. The van der Waals surface area contributed by atoms with Gasteiger partial charge in [0.05, 0.1) is 10.6 Å². The lowest BCUT2D eigenvalue weighted by molar-refractivity contribution is -0.144. The summed E-state index contributed by atoms with van der Waals surface area (Å²) in [4.78, 5) is 35.9. The highest BCUT2D eigenvalue weighted by Gasteiger charge is 2.20. The zero-order valence-electron chi connectivity index (χ0n) is 13.0. The fourth-order valence-electron chi connectivity index (χ4n) is 1.95. The first-order valence-electron chi connectivity index (χ1n) is 7.29. The van der Waals surface area contributed by atoms with E-state index < -0.39 is 17.9 Å². The molecule has 0 aliphatic heterocycles. The number of carbonyl (C=O) groups is 3. The molecule has 1 atom stereocenters. The number of rotatable bonds is 6. The Balaban J connectivity index is 1.87. The fourth-order valence-corrected chi connectivity index (χ4v) is 2.17. The van der Waals surface area contributed by atoms with Crippen LogP contribution in [0, 0.1) is 0 Å². The van der Waals surface area contributed by atoms with Crippen molar-refractivity contribution in [1.29, 1.82) is 0 Å². The van der Waals surface area contributed by atoms with E-state index in [1.807, 2.05) is 0 Å². The van der Waals surface area contributed by atoms with E-state index in [9.17, 15) is 14.4 Å². The minimum atomic E-state index is -0.905. The van der Waals surface area contributed by atoms with Gasteiger partial charge in [-0.15, -0.1) is 0 Å². The average molecular weight is 346 g/mol. The van der Waals surface area contributed by atoms with Crippen molar-refractivity contribution in [2.75, 3.05) is 6.61 Å². The van der Waals surface area contributed by atoms with E-state index in [2.05, 4.69) is 5.32 Å². The molecule has 0 aliphatic carbocycles. The monoisotopic (exact) mass is 345 g/mol. The minimum absolute atomic E-state index is 0.263. The summed E-state index contributed by atoms with van der Waals surface area (Å²) in [5, 5.41) is 2.78. The van der Waals surface area contributed by atoms with Crippen molar-refractivity contribution >= 4 is 29.3 Å². The molecule has 2 aromatic carbocycles. The topological polar surface area (TPSA) is 72.5 Å². The predicted octanol–water partition coefficient (Wildman–Crippen LogP) is 2.88. The summed E-state index contributed by atoms with van der Waals surface area (Å²) >= 11 is 5.93. The largest absolute Gasteiger partial charge is 0.456 e. The first kappa shape index (κ1) is 17.7. The zero-order valence-corrected chi connectivity index (χ0v) is 13.7. The smallest absolute Gasteiger partial charge is 0.328 e. The third-order valence-corrected chi connectivity index (χ3v) is 3.59. The second-order valence-corrected chi connectivity index (χ2v) is 5.48. The number of amides is 1. The number of Topliss-reactive ketones (excluding diaryl/α,β-unsaturated/α-hetero) is 1. The Labute approximate surface area is 144 Å². The molecule has 0 radical (unpaired) electrons. The quantitative estimate of drug-likeness (QED) is 0.645. The van der Waals surface area contributed by atoms with E-state index in [0.29, 0.717) is 5.56 Å². The molecule has 1 N–H and O–H groups in total. The van der Waals surface area contributed by atoms with Gasteiger partial charge in [-0.3, -0.25) is 9.59 Å². The van der Waals surface area contributed by atoms with Crippen molar-refractivity contribution in [3.8, 4) is 0 Å². The molecule has 0 saturated carbocycles. The van der Waals surface area contributed by atoms with Crippen LogP contribution >= 0.6 is 11.6 Å². The number of nitrogens with one attached hydrogen (secondary N) is 1. The molecule has 6 heteroatoms. The van der Waals surface area contributed by atoms with Gasteiger partial charge in [-0.25, -0.2) is 4.79 Å². The van der Waals surface area contributed by atoms with Gasteiger partial charge in [-0.1, -0.05) is 54.1 Å². The van der Waals surface area contributed by atoms with Crippen LogP contribution in [0.2, 0.25) is 5.02 Å². The number of ketones is 1. The van der Waals surface area contributed by atoms with Gasteiger partial charge in [0.2, 0.25) is 0 Å². The van der Waals surface area contributed by atoms with Gasteiger partial charge in [-0.05, 0) is 19.1 Å². The summed E-state index contributed by atoms with van der Waals surface area (Å²) in [5.41, 5.74) is 0.720. The number of hydrogen-bond acceptors (Lipinski definition) is 4. The number of halogens is 1. The van der Waals surface area contributed by atoms with Gasteiger partial charge >= 0.3 is 5.97 Å². The Morgan fingerprint density at radius 2 is 1.67 bits per heavy atom. The van der Waals surface area contributed by atoms with Crippen LogP contribution in [0.4, 0.5) is 0 Å². The van der Waals surface area contributed by atoms with Gasteiger partial charge in [0.15, 0.2) is 12.4 Å². The molecular weight excluding hydrogens is 330 g/mol. The van der Waals surface area contributed by atoms with E-state index in [4.69, 9.17) is 16.3 Å². The lowest BCUT2D eigenvalue weighted by atomic mass is 10.1. The van der Waals surface area contributed by atoms with Crippen LogP contribution in [0.15, 0.2) is 54.6 Å². The molecule has 0 spiro atoms. The van der Waals surface area contributed by atoms with Crippen molar-refractivity contribution in [3.63, 3.8) is 0 Å². The first-order valence-corrected chi connectivity index (χ1v) is 7.67. The Hall–Kier alpha value is -2.66. The van der Waals surface area contributed by atoms with Crippen LogP contribution in [0.25, 0.3) is 0 Å². The number of hydrogen-bond donors (Lipinski definition) is 1. The summed E-state index contributed by atoms with van der Waals surface area (Å²) < 4.78 is 4.95. The van der Waals surface area contributed by atoms with E-state index >= 15 is 0 Å². The van der Waals surface area contributed by atoms with Crippen molar-refractivity contribution in [3.05, 3.63) is 70.7 Å². The maximum atomic E-state index is 12.1. The summed E-state index contributed by atoms with van der Waals surface area (Å²) in [5.74, 6) is -1.49. The number of esters is 1. The molecular formula is C18H16ClNO4. The Bertz CT molecular complexity index is 746. The maximum Gasteiger partial charge on any atom is 0.328 e. The summed E-state index contributed by atoms with van der Waals surface area (Å²) in [6.45, 7) is 1.10. The molecule has 0 aliphatic rings. The molecule has 0 aromatic heterocycles. The third kappa shape index (κ3) is 4.67. The van der Waals surface area contributed by atoms with Crippen molar-refractivity contribution in [2.45, 2.75) is 13.0 Å². The van der Waals surface area contributed by atoms with E-state index in [-0.39, 0.29) is 23.0 Å². The van der Waals surface area contributed by atoms with Gasteiger partial charge in [-0.2, -0.15) is 0 Å². The summed E-state index contributed by atoms with van der Waals surface area (Å²) in [6, 6.07) is 14.1. The second-order valence-electron chi connectivity index (χ2n) is 5.07. The normalized spacial score (nSPS) is 11.4. The highest BCUT2D eigenvalue weighted by molar-refractivity contribution is 6.33. The molecule has 1 amide bonds. The molecule has 2 aromatic rings. The van der Waals surface area contributed by atoms with Gasteiger partial charge in [0.25, 0.3) is 5.91 Å². The highest BCUT2D eigenvalue weighted by Crippen LogP contribution is 2.14. The molecule has 0 fully saturated rings. The zero-order chi connectivity index (χ0) is 17.5. The SMILES string of the molecule is C[C@H](NC(=O)c1ccccc1Cl)C(=O)OCC(=O)c1ccccc1. The maximum absolute atomic E-state index is 12.1. The molecule has 0 bridgehead atoms. The minimum Gasteiger partial charge on any atom is -0.456 e. The van der Waals surface area contributed by atoms with Crippen LogP contribution in [0.3, 0.4) is 0 Å². The van der Waals surface area contributed by atoms with Gasteiger partial charge in [0, 0.05) is 5.56 Å². The van der Waals surface area contributed by atoms with Crippen molar-refractivity contribution < 1.29 is 19.1 Å². The lowest BCUT2D eigenvalue weighted by Crippen LogP contribution is -2.40. The van der Waals surface area contributed by atoms with Crippen LogP contribution in [0.5, 0.6) is 0 Å². The van der Waals surface area contributed by atoms with E-state index in [1.54, 1.807) is 54.6 Å². The number of benzene rings is 2. The molecule has 0 unspecified atom stereocenters. The highest BCUT2D eigenvalue weighted by atomic mass is 35.5. The molecule has 2 rings (SSSR count). The van der Waals surface area contributed by atoms with Crippen molar-refractivity contribution in [2.24, 2.45) is 0 Å². The summed E-state index contributed by atoms with van der Waals surface area (Å²) in [7, 11) is 0. The Morgan fingerprint density at radius 1 is 1.04 bits per heavy atom.